The average molecular weight is 405 g/mol. The molecule has 4 atom stereocenters. The van der Waals surface area contributed by atoms with Crippen molar-refractivity contribution in [3.8, 4) is 0 Å². The maximum atomic E-state index is 2.47. The molecule has 5 rings (SSSR count). The zero-order chi connectivity index (χ0) is 19.8. The fraction of sp³-hybridized carbons (Fsp3) is 0.571. The fourth-order valence-corrected chi connectivity index (χ4v) is 7.86. The quantitative estimate of drug-likeness (QED) is 0.468. The Morgan fingerprint density at radius 3 is 2.48 bits per heavy atom. The molecule has 0 aromatic heterocycles. The van der Waals surface area contributed by atoms with E-state index in [0.717, 1.165) is 29.6 Å². The predicted octanol–water partition coefficient (Wildman–Crippen LogP) is 8.12. The number of fused-ring (bicyclic) bond motifs is 3. The summed E-state index contributed by atoms with van der Waals surface area (Å²) in [4.78, 5) is 1.48. The first-order valence-electron chi connectivity index (χ1n) is 12.0. The minimum absolute atomic E-state index is 0.523. The molecule has 1 heteroatoms. The van der Waals surface area contributed by atoms with Crippen molar-refractivity contribution < 1.29 is 0 Å². The van der Waals surface area contributed by atoms with Gasteiger partial charge in [0.05, 0.1) is 0 Å². The number of thioether (sulfide) groups is 1. The van der Waals surface area contributed by atoms with E-state index in [2.05, 4.69) is 80.2 Å². The largest absolute Gasteiger partial charge is 0.119 e. The number of rotatable bonds is 6. The molecule has 0 spiro atoms. The van der Waals surface area contributed by atoms with Gasteiger partial charge in [-0.05, 0) is 97.8 Å². The van der Waals surface area contributed by atoms with E-state index in [9.17, 15) is 0 Å². The Balaban J connectivity index is 1.42. The molecule has 0 amide bonds. The molecule has 2 saturated carbocycles. The molecule has 2 aromatic rings. The summed E-state index contributed by atoms with van der Waals surface area (Å²) in [5.41, 5.74) is 3.36. The van der Waals surface area contributed by atoms with E-state index in [1.54, 1.807) is 11.1 Å². The molecule has 2 aromatic carbocycles. The number of hydrogen-bond acceptors (Lipinski definition) is 1. The van der Waals surface area contributed by atoms with Crippen molar-refractivity contribution in [3.05, 3.63) is 65.7 Å². The van der Waals surface area contributed by atoms with Gasteiger partial charge in [0.1, 0.15) is 0 Å². The van der Waals surface area contributed by atoms with Crippen LogP contribution in [0, 0.1) is 23.7 Å². The molecule has 0 heterocycles. The van der Waals surface area contributed by atoms with Gasteiger partial charge in [0.15, 0.2) is 0 Å². The highest BCUT2D eigenvalue weighted by Gasteiger charge is 2.54. The van der Waals surface area contributed by atoms with Crippen LogP contribution in [0.1, 0.15) is 75.8 Å². The van der Waals surface area contributed by atoms with E-state index < -0.39 is 0 Å². The van der Waals surface area contributed by atoms with Crippen molar-refractivity contribution in [2.24, 2.45) is 23.7 Å². The third-order valence-electron chi connectivity index (χ3n) is 8.12. The molecule has 0 aliphatic heterocycles. The summed E-state index contributed by atoms with van der Waals surface area (Å²) < 4.78 is 0.523. The first-order chi connectivity index (χ1) is 14.1. The normalized spacial score (nSPS) is 29.9. The molecule has 2 fully saturated rings. The standard InChI is InChI=1S/C28H36S/c1-20(2)12-13-22-18-23(28(16-17-28)29-24-9-4-3-5-10-24)19-27-25-11-7-6-8-21(25)14-15-26(22)27/h3-11,20,22-23,26-27H,12-19H2,1-2H3. The van der Waals surface area contributed by atoms with Crippen LogP contribution in [0.4, 0.5) is 0 Å². The van der Waals surface area contributed by atoms with Crippen LogP contribution in [-0.2, 0) is 6.42 Å². The van der Waals surface area contributed by atoms with Gasteiger partial charge in [-0.1, -0.05) is 62.7 Å². The Hall–Kier alpha value is -1.21. The second-order valence-electron chi connectivity index (χ2n) is 10.4. The minimum Gasteiger partial charge on any atom is -0.119 e. The van der Waals surface area contributed by atoms with Crippen molar-refractivity contribution in [1.29, 1.82) is 0 Å². The van der Waals surface area contributed by atoms with Crippen LogP contribution in [0.5, 0.6) is 0 Å². The maximum Gasteiger partial charge on any atom is 0.0236 e. The third kappa shape index (κ3) is 4.05. The lowest BCUT2D eigenvalue weighted by molar-refractivity contribution is 0.115. The SMILES string of the molecule is CC(C)CCC1CC(C2(Sc3ccccc3)CC2)CC2c3ccccc3CCC12. The highest BCUT2D eigenvalue weighted by atomic mass is 32.2. The van der Waals surface area contributed by atoms with Gasteiger partial charge < -0.3 is 0 Å². The Morgan fingerprint density at radius 2 is 1.72 bits per heavy atom. The van der Waals surface area contributed by atoms with Gasteiger partial charge in [-0.15, -0.1) is 11.8 Å². The number of aryl methyl sites for hydroxylation is 1. The first-order valence-corrected chi connectivity index (χ1v) is 12.8. The lowest BCUT2D eigenvalue weighted by Gasteiger charge is -2.48. The zero-order valence-electron chi connectivity index (χ0n) is 18.1. The van der Waals surface area contributed by atoms with Crippen LogP contribution < -0.4 is 0 Å². The minimum atomic E-state index is 0.523. The van der Waals surface area contributed by atoms with Crippen LogP contribution in [0.3, 0.4) is 0 Å². The van der Waals surface area contributed by atoms with Crippen molar-refractivity contribution in [3.63, 3.8) is 0 Å². The average Bonchev–Trinajstić information content (AvgIpc) is 3.53. The van der Waals surface area contributed by atoms with E-state index in [-0.39, 0.29) is 0 Å². The van der Waals surface area contributed by atoms with Crippen molar-refractivity contribution >= 4 is 11.8 Å². The van der Waals surface area contributed by atoms with Gasteiger partial charge in [0, 0.05) is 9.64 Å². The van der Waals surface area contributed by atoms with Crippen molar-refractivity contribution in [2.45, 2.75) is 80.8 Å². The Labute approximate surface area is 181 Å². The highest BCUT2D eigenvalue weighted by Crippen LogP contribution is 2.64. The van der Waals surface area contributed by atoms with Gasteiger partial charge in [-0.25, -0.2) is 0 Å². The second-order valence-corrected chi connectivity index (χ2v) is 11.9. The van der Waals surface area contributed by atoms with E-state index in [4.69, 9.17) is 0 Å². The molecule has 0 nitrogen and oxygen atoms in total. The Bertz CT molecular complexity index is 819. The molecule has 0 radical (unpaired) electrons. The molecule has 29 heavy (non-hydrogen) atoms. The number of hydrogen-bond donors (Lipinski definition) is 0. The highest BCUT2D eigenvalue weighted by molar-refractivity contribution is 8.01. The molecular weight excluding hydrogens is 368 g/mol. The molecule has 3 aliphatic rings. The van der Waals surface area contributed by atoms with Gasteiger partial charge in [0.2, 0.25) is 0 Å². The van der Waals surface area contributed by atoms with Gasteiger partial charge in [0.25, 0.3) is 0 Å². The van der Waals surface area contributed by atoms with E-state index >= 15 is 0 Å². The van der Waals surface area contributed by atoms with E-state index in [1.807, 2.05) is 0 Å². The van der Waals surface area contributed by atoms with Crippen molar-refractivity contribution in [2.75, 3.05) is 0 Å². The van der Waals surface area contributed by atoms with Crippen LogP contribution in [0.25, 0.3) is 0 Å². The fourth-order valence-electron chi connectivity index (χ4n) is 6.44. The topological polar surface area (TPSA) is 0 Å². The molecule has 0 bridgehead atoms. The van der Waals surface area contributed by atoms with Gasteiger partial charge >= 0.3 is 0 Å². The summed E-state index contributed by atoms with van der Waals surface area (Å²) in [6, 6.07) is 20.6. The van der Waals surface area contributed by atoms with Crippen LogP contribution in [0.2, 0.25) is 0 Å². The molecule has 154 valence electrons. The summed E-state index contributed by atoms with van der Waals surface area (Å²) in [7, 11) is 0. The summed E-state index contributed by atoms with van der Waals surface area (Å²) in [5.74, 6) is 4.39. The summed E-state index contributed by atoms with van der Waals surface area (Å²) >= 11 is 2.21. The number of benzene rings is 2. The smallest absolute Gasteiger partial charge is 0.0236 e. The van der Waals surface area contributed by atoms with Gasteiger partial charge in [-0.2, -0.15) is 0 Å². The van der Waals surface area contributed by atoms with E-state index in [1.165, 1.54) is 56.3 Å². The summed E-state index contributed by atoms with van der Waals surface area (Å²) in [6.45, 7) is 4.81. The third-order valence-corrected chi connectivity index (χ3v) is 9.77. The molecular formula is C28H36S. The summed E-state index contributed by atoms with van der Waals surface area (Å²) in [6.07, 6.45) is 11.3. The lowest BCUT2D eigenvalue weighted by Crippen LogP contribution is -2.38. The van der Waals surface area contributed by atoms with Crippen LogP contribution >= 0.6 is 11.8 Å². The summed E-state index contributed by atoms with van der Waals surface area (Å²) in [5, 5.41) is 0. The Kier molecular flexibility index (Phi) is 5.54. The van der Waals surface area contributed by atoms with Crippen LogP contribution in [0.15, 0.2) is 59.5 Å². The molecule has 3 aliphatic carbocycles. The zero-order valence-corrected chi connectivity index (χ0v) is 19.0. The lowest BCUT2D eigenvalue weighted by atomic mass is 9.59. The monoisotopic (exact) mass is 404 g/mol. The second kappa shape index (κ2) is 8.14. The van der Waals surface area contributed by atoms with E-state index in [0.29, 0.717) is 4.75 Å². The predicted molar refractivity (Wildman–Crippen MR) is 126 cm³/mol. The molecule has 0 saturated heterocycles. The maximum absolute atomic E-state index is 2.47. The Morgan fingerprint density at radius 1 is 0.966 bits per heavy atom. The first kappa shape index (κ1) is 19.7. The van der Waals surface area contributed by atoms with Gasteiger partial charge in [-0.3, -0.25) is 0 Å². The van der Waals surface area contributed by atoms with Crippen molar-refractivity contribution in [1.82, 2.24) is 0 Å². The molecule has 4 unspecified atom stereocenters. The molecule has 0 N–H and O–H groups in total. The van der Waals surface area contributed by atoms with Crippen LogP contribution in [-0.4, -0.2) is 4.75 Å².